The third-order valence-corrected chi connectivity index (χ3v) is 6.86. The number of likely N-dealkylation sites (tertiary alicyclic amines) is 1. The Bertz CT molecular complexity index is 1090. The number of fused-ring (bicyclic) bond motifs is 1. The smallest absolute Gasteiger partial charge is 0.225 e. The molecule has 0 unspecified atom stereocenters. The van der Waals surface area contributed by atoms with Gasteiger partial charge in [0.05, 0.1) is 16.6 Å². The van der Waals surface area contributed by atoms with Crippen molar-refractivity contribution in [1.29, 1.82) is 0 Å². The van der Waals surface area contributed by atoms with Gasteiger partial charge < -0.3 is 14.4 Å². The predicted molar refractivity (Wildman–Crippen MR) is 121 cm³/mol. The molecule has 2 fully saturated rings. The first kappa shape index (κ1) is 20.0. The van der Waals surface area contributed by atoms with Gasteiger partial charge in [-0.25, -0.2) is 9.37 Å². The number of carbonyl (C=O) groups excluding carboxylic acids is 1. The van der Waals surface area contributed by atoms with E-state index in [1.165, 1.54) is 12.5 Å². The second-order valence-corrected chi connectivity index (χ2v) is 8.79. The number of amides is 1. The van der Waals surface area contributed by atoms with Gasteiger partial charge >= 0.3 is 0 Å². The molecule has 5 nitrogen and oxygen atoms in total. The normalized spacial score (nSPS) is 18.0. The van der Waals surface area contributed by atoms with Crippen LogP contribution in [0.4, 0.5) is 10.1 Å². The molecule has 6 heteroatoms. The van der Waals surface area contributed by atoms with E-state index in [1.54, 1.807) is 0 Å². The summed E-state index contributed by atoms with van der Waals surface area (Å²) in [6, 6.07) is 13.1. The summed E-state index contributed by atoms with van der Waals surface area (Å²) in [5.74, 6) is 0.820. The molecule has 2 saturated heterocycles. The Morgan fingerprint density at radius 2 is 1.74 bits per heavy atom. The van der Waals surface area contributed by atoms with E-state index in [2.05, 4.69) is 14.8 Å². The van der Waals surface area contributed by atoms with E-state index < -0.39 is 0 Å². The summed E-state index contributed by atoms with van der Waals surface area (Å²) in [7, 11) is 1.93. The van der Waals surface area contributed by atoms with Gasteiger partial charge in [0.1, 0.15) is 11.6 Å². The number of nitrogens with zero attached hydrogens (tertiary/aromatic N) is 4. The number of imidazole rings is 1. The highest BCUT2D eigenvalue weighted by atomic mass is 19.1. The van der Waals surface area contributed by atoms with E-state index in [0.717, 1.165) is 68.6 Å². The molecule has 1 aromatic heterocycles. The minimum Gasteiger partial charge on any atom is -0.371 e. The van der Waals surface area contributed by atoms with Crippen LogP contribution in [0.15, 0.2) is 42.5 Å². The number of piperidine rings is 2. The number of rotatable bonds is 3. The first-order chi connectivity index (χ1) is 15.1. The molecule has 1 amide bonds. The van der Waals surface area contributed by atoms with Crippen molar-refractivity contribution >= 4 is 22.6 Å². The van der Waals surface area contributed by atoms with Crippen LogP contribution in [0.1, 0.15) is 32.1 Å². The lowest BCUT2D eigenvalue weighted by molar-refractivity contribution is -0.137. The van der Waals surface area contributed by atoms with Crippen LogP contribution in [0.3, 0.4) is 0 Å². The molecule has 162 valence electrons. The first-order valence-electron chi connectivity index (χ1n) is 11.4. The molecule has 0 spiro atoms. The van der Waals surface area contributed by atoms with Crippen LogP contribution in [-0.2, 0) is 11.8 Å². The van der Waals surface area contributed by atoms with Gasteiger partial charge in [-0.2, -0.15) is 0 Å². The lowest BCUT2D eigenvalue weighted by Crippen LogP contribution is -2.44. The van der Waals surface area contributed by atoms with Gasteiger partial charge in [-0.1, -0.05) is 12.1 Å². The summed E-state index contributed by atoms with van der Waals surface area (Å²) in [5, 5.41) is 0. The molecule has 3 heterocycles. The minimum absolute atomic E-state index is 0.120. The van der Waals surface area contributed by atoms with Gasteiger partial charge in [-0.05, 0) is 62.4 Å². The van der Waals surface area contributed by atoms with Crippen molar-refractivity contribution in [1.82, 2.24) is 14.5 Å². The standard InChI is InChI=1S/C25H29FN4O/c1-28-23-8-4-3-7-22(23)27-24(28)20-17-19(9-10-21(20)26)29-15-11-18(12-16-29)25(31)30-13-5-2-6-14-30/h3-4,7-10,17-18H,2,5-6,11-16H2,1H3. The van der Waals surface area contributed by atoms with Crippen LogP contribution in [0.5, 0.6) is 0 Å². The molecule has 0 bridgehead atoms. The molecular weight excluding hydrogens is 391 g/mol. The number of aryl methyl sites for hydroxylation is 1. The van der Waals surface area contributed by atoms with E-state index in [9.17, 15) is 9.18 Å². The van der Waals surface area contributed by atoms with Gasteiger partial charge in [0.2, 0.25) is 5.91 Å². The molecule has 0 N–H and O–H groups in total. The number of hydrogen-bond donors (Lipinski definition) is 0. The zero-order chi connectivity index (χ0) is 21.4. The fraction of sp³-hybridized carbons (Fsp3) is 0.440. The summed E-state index contributed by atoms with van der Waals surface area (Å²) in [6.45, 7) is 3.46. The second-order valence-electron chi connectivity index (χ2n) is 8.79. The highest BCUT2D eigenvalue weighted by molar-refractivity contribution is 5.81. The third kappa shape index (κ3) is 3.80. The molecule has 2 aliphatic rings. The van der Waals surface area contributed by atoms with Gasteiger partial charge in [-0.15, -0.1) is 0 Å². The molecule has 0 radical (unpaired) electrons. The van der Waals surface area contributed by atoms with Crippen LogP contribution in [0.25, 0.3) is 22.4 Å². The van der Waals surface area contributed by atoms with Crippen molar-refractivity contribution in [2.75, 3.05) is 31.1 Å². The number of halogens is 1. The SMILES string of the molecule is Cn1c(-c2cc(N3CCC(C(=O)N4CCCCC4)CC3)ccc2F)nc2ccccc21. The van der Waals surface area contributed by atoms with Crippen molar-refractivity contribution in [2.45, 2.75) is 32.1 Å². The largest absolute Gasteiger partial charge is 0.371 e. The number of carbonyl (C=O) groups is 1. The number of benzene rings is 2. The van der Waals surface area contributed by atoms with E-state index in [1.807, 2.05) is 48.0 Å². The lowest BCUT2D eigenvalue weighted by atomic mass is 9.94. The highest BCUT2D eigenvalue weighted by Gasteiger charge is 2.29. The van der Waals surface area contributed by atoms with E-state index >= 15 is 0 Å². The summed E-state index contributed by atoms with van der Waals surface area (Å²) < 4.78 is 16.7. The molecule has 0 atom stereocenters. The lowest BCUT2D eigenvalue weighted by Gasteiger charge is -2.36. The Morgan fingerprint density at radius 1 is 1.00 bits per heavy atom. The first-order valence-corrected chi connectivity index (χ1v) is 11.4. The summed E-state index contributed by atoms with van der Waals surface area (Å²) in [4.78, 5) is 21.9. The third-order valence-electron chi connectivity index (χ3n) is 6.86. The van der Waals surface area contributed by atoms with Gasteiger partial charge in [-0.3, -0.25) is 4.79 Å². The Morgan fingerprint density at radius 3 is 2.48 bits per heavy atom. The van der Waals surface area contributed by atoms with E-state index in [4.69, 9.17) is 0 Å². The van der Waals surface area contributed by atoms with Crippen LogP contribution in [-0.4, -0.2) is 46.5 Å². The van der Waals surface area contributed by atoms with E-state index in [-0.39, 0.29) is 11.7 Å². The Hall–Kier alpha value is -2.89. The fourth-order valence-corrected chi connectivity index (χ4v) is 5.02. The maximum absolute atomic E-state index is 14.8. The molecule has 0 saturated carbocycles. The summed E-state index contributed by atoms with van der Waals surface area (Å²) in [6.07, 6.45) is 5.21. The molecule has 5 rings (SSSR count). The number of anilines is 1. The Balaban J connectivity index is 1.34. The predicted octanol–water partition coefficient (Wildman–Crippen LogP) is 4.61. The van der Waals surface area contributed by atoms with Gasteiger partial charge in [0.15, 0.2) is 0 Å². The molecule has 2 aromatic carbocycles. The molecular formula is C25H29FN4O. The minimum atomic E-state index is -0.266. The molecule has 3 aromatic rings. The molecule has 31 heavy (non-hydrogen) atoms. The second kappa shape index (κ2) is 8.33. The monoisotopic (exact) mass is 420 g/mol. The Labute approximate surface area is 182 Å². The topological polar surface area (TPSA) is 41.4 Å². The Kier molecular flexibility index (Phi) is 5.38. The fourth-order valence-electron chi connectivity index (χ4n) is 5.02. The highest BCUT2D eigenvalue weighted by Crippen LogP contribution is 2.32. The number of hydrogen-bond acceptors (Lipinski definition) is 3. The van der Waals surface area contributed by atoms with Crippen LogP contribution in [0.2, 0.25) is 0 Å². The summed E-state index contributed by atoms with van der Waals surface area (Å²) in [5.41, 5.74) is 3.36. The van der Waals surface area contributed by atoms with Gasteiger partial charge in [0.25, 0.3) is 0 Å². The van der Waals surface area contributed by atoms with Crippen molar-refractivity contribution in [3.8, 4) is 11.4 Å². The van der Waals surface area contributed by atoms with Crippen molar-refractivity contribution < 1.29 is 9.18 Å². The maximum Gasteiger partial charge on any atom is 0.225 e. The van der Waals surface area contributed by atoms with Crippen molar-refractivity contribution in [3.63, 3.8) is 0 Å². The summed E-state index contributed by atoms with van der Waals surface area (Å²) >= 11 is 0. The average molecular weight is 421 g/mol. The zero-order valence-corrected chi connectivity index (χ0v) is 18.1. The molecule has 0 aliphatic carbocycles. The van der Waals surface area contributed by atoms with Crippen LogP contribution in [0, 0.1) is 11.7 Å². The number of aromatic nitrogens is 2. The maximum atomic E-state index is 14.8. The van der Waals surface area contributed by atoms with Crippen molar-refractivity contribution in [2.24, 2.45) is 13.0 Å². The van der Waals surface area contributed by atoms with Gasteiger partial charge in [0, 0.05) is 44.8 Å². The molecule has 2 aliphatic heterocycles. The number of para-hydroxylation sites is 2. The van der Waals surface area contributed by atoms with Crippen LogP contribution < -0.4 is 4.90 Å². The van der Waals surface area contributed by atoms with Crippen LogP contribution >= 0.6 is 0 Å². The van der Waals surface area contributed by atoms with Crippen molar-refractivity contribution in [3.05, 3.63) is 48.3 Å². The quantitative estimate of drug-likeness (QED) is 0.621. The van der Waals surface area contributed by atoms with E-state index in [0.29, 0.717) is 17.3 Å². The zero-order valence-electron chi connectivity index (χ0n) is 18.1. The average Bonchev–Trinajstić information content (AvgIpc) is 3.16.